The van der Waals surface area contributed by atoms with E-state index in [1.165, 1.54) is 11.1 Å². The molecule has 1 aromatic heterocycles. The molecule has 2 aromatic rings. The largest absolute Gasteiger partial charge is 0.439 e. The first-order chi connectivity index (χ1) is 9.54. The first-order valence-electron chi connectivity index (χ1n) is 6.98. The Morgan fingerprint density at radius 1 is 1.15 bits per heavy atom. The highest BCUT2D eigenvalue weighted by atomic mass is 16.5. The van der Waals surface area contributed by atoms with Crippen molar-refractivity contribution < 1.29 is 4.74 Å². The van der Waals surface area contributed by atoms with E-state index in [1.807, 2.05) is 31.2 Å². The predicted octanol–water partition coefficient (Wildman–Crippen LogP) is 3.99. The van der Waals surface area contributed by atoms with Crippen molar-refractivity contribution in [3.05, 3.63) is 53.2 Å². The molecule has 0 unspecified atom stereocenters. The minimum absolute atomic E-state index is 0.465. The zero-order chi connectivity index (χ0) is 14.5. The van der Waals surface area contributed by atoms with E-state index in [-0.39, 0.29) is 0 Å². The van der Waals surface area contributed by atoms with Gasteiger partial charge in [-0.15, -0.1) is 0 Å². The maximum atomic E-state index is 5.87. The number of hydrogen-bond donors (Lipinski definition) is 1. The summed E-state index contributed by atoms with van der Waals surface area (Å²) in [6.45, 7) is 9.21. The van der Waals surface area contributed by atoms with Crippen molar-refractivity contribution in [2.75, 3.05) is 0 Å². The van der Waals surface area contributed by atoms with E-state index < -0.39 is 0 Å². The molecule has 0 bridgehead atoms. The Hall–Kier alpha value is -1.87. The standard InChI is InChI=1S/C17H22N2O/c1-12(2)19-11-15-7-8-18-17(10-15)20-16-6-5-13(3)9-14(16)4/h5-10,12,19H,11H2,1-4H3. The molecule has 0 saturated carbocycles. The van der Waals surface area contributed by atoms with Gasteiger partial charge in [0.25, 0.3) is 0 Å². The Morgan fingerprint density at radius 2 is 1.95 bits per heavy atom. The van der Waals surface area contributed by atoms with Gasteiger partial charge in [0.2, 0.25) is 5.88 Å². The molecule has 2 rings (SSSR count). The lowest BCUT2D eigenvalue weighted by atomic mass is 10.1. The lowest BCUT2D eigenvalue weighted by Gasteiger charge is -2.11. The molecule has 0 spiro atoms. The van der Waals surface area contributed by atoms with E-state index in [1.54, 1.807) is 6.20 Å². The molecule has 106 valence electrons. The summed E-state index contributed by atoms with van der Waals surface area (Å²) in [5, 5.41) is 3.39. The van der Waals surface area contributed by atoms with Gasteiger partial charge >= 0.3 is 0 Å². The SMILES string of the molecule is Cc1ccc(Oc2cc(CNC(C)C)ccn2)c(C)c1. The van der Waals surface area contributed by atoms with E-state index in [9.17, 15) is 0 Å². The van der Waals surface area contributed by atoms with Crippen molar-refractivity contribution in [3.63, 3.8) is 0 Å². The number of aromatic nitrogens is 1. The summed E-state index contributed by atoms with van der Waals surface area (Å²) in [5.41, 5.74) is 3.53. The van der Waals surface area contributed by atoms with Gasteiger partial charge in [0, 0.05) is 24.8 Å². The van der Waals surface area contributed by atoms with Gasteiger partial charge in [0.15, 0.2) is 0 Å². The zero-order valence-electron chi connectivity index (χ0n) is 12.6. The molecule has 0 aliphatic carbocycles. The molecule has 0 aliphatic rings. The van der Waals surface area contributed by atoms with Gasteiger partial charge in [-0.3, -0.25) is 0 Å². The Morgan fingerprint density at radius 3 is 2.65 bits per heavy atom. The van der Waals surface area contributed by atoms with Crippen molar-refractivity contribution in [1.82, 2.24) is 10.3 Å². The molecule has 1 aromatic carbocycles. The number of nitrogens with zero attached hydrogens (tertiary/aromatic N) is 1. The van der Waals surface area contributed by atoms with Crippen LogP contribution in [0.2, 0.25) is 0 Å². The average molecular weight is 270 g/mol. The van der Waals surface area contributed by atoms with Crippen LogP contribution in [0.5, 0.6) is 11.6 Å². The molecule has 0 fully saturated rings. The van der Waals surface area contributed by atoms with Gasteiger partial charge in [-0.2, -0.15) is 0 Å². The summed E-state index contributed by atoms with van der Waals surface area (Å²) >= 11 is 0. The van der Waals surface area contributed by atoms with Crippen LogP contribution < -0.4 is 10.1 Å². The molecule has 0 saturated heterocycles. The summed E-state index contributed by atoms with van der Waals surface area (Å²) in [6.07, 6.45) is 1.79. The summed E-state index contributed by atoms with van der Waals surface area (Å²) in [6, 6.07) is 10.6. The van der Waals surface area contributed by atoms with Crippen LogP contribution in [0.4, 0.5) is 0 Å². The number of benzene rings is 1. The van der Waals surface area contributed by atoms with Gasteiger partial charge in [-0.1, -0.05) is 31.5 Å². The first-order valence-corrected chi connectivity index (χ1v) is 6.98. The van der Waals surface area contributed by atoms with Gasteiger partial charge in [0.1, 0.15) is 5.75 Å². The van der Waals surface area contributed by atoms with Crippen LogP contribution in [-0.4, -0.2) is 11.0 Å². The molecule has 1 heterocycles. The van der Waals surface area contributed by atoms with Crippen molar-refractivity contribution >= 4 is 0 Å². The van der Waals surface area contributed by atoms with Crippen LogP contribution in [-0.2, 0) is 6.54 Å². The minimum Gasteiger partial charge on any atom is -0.439 e. The highest BCUT2D eigenvalue weighted by Crippen LogP contribution is 2.24. The maximum Gasteiger partial charge on any atom is 0.219 e. The monoisotopic (exact) mass is 270 g/mol. The molecular formula is C17H22N2O. The number of nitrogens with one attached hydrogen (secondary N) is 1. The third-order valence-electron chi connectivity index (χ3n) is 3.06. The normalized spacial score (nSPS) is 10.8. The Bertz CT molecular complexity index is 579. The molecule has 0 aliphatic heterocycles. The van der Waals surface area contributed by atoms with E-state index in [0.29, 0.717) is 11.9 Å². The summed E-state index contributed by atoms with van der Waals surface area (Å²) in [4.78, 5) is 4.28. The summed E-state index contributed by atoms with van der Waals surface area (Å²) in [5.74, 6) is 1.50. The van der Waals surface area contributed by atoms with E-state index in [0.717, 1.165) is 17.9 Å². The molecule has 3 nitrogen and oxygen atoms in total. The van der Waals surface area contributed by atoms with Crippen molar-refractivity contribution in [2.45, 2.75) is 40.3 Å². The maximum absolute atomic E-state index is 5.87. The van der Waals surface area contributed by atoms with Crippen molar-refractivity contribution in [3.8, 4) is 11.6 Å². The van der Waals surface area contributed by atoms with Crippen molar-refractivity contribution in [2.24, 2.45) is 0 Å². The van der Waals surface area contributed by atoms with E-state index >= 15 is 0 Å². The second-order valence-electron chi connectivity index (χ2n) is 5.41. The first kappa shape index (κ1) is 14.5. The fraction of sp³-hybridized carbons (Fsp3) is 0.353. The van der Waals surface area contributed by atoms with Crippen LogP contribution in [0, 0.1) is 13.8 Å². The van der Waals surface area contributed by atoms with Crippen molar-refractivity contribution in [1.29, 1.82) is 0 Å². The molecular weight excluding hydrogens is 248 g/mol. The van der Waals surface area contributed by atoms with E-state index in [2.05, 4.69) is 37.1 Å². The smallest absolute Gasteiger partial charge is 0.219 e. The van der Waals surface area contributed by atoms with Crippen LogP contribution in [0.1, 0.15) is 30.5 Å². The van der Waals surface area contributed by atoms with Crippen LogP contribution in [0.25, 0.3) is 0 Å². The van der Waals surface area contributed by atoms with Crippen LogP contribution in [0.15, 0.2) is 36.5 Å². The van der Waals surface area contributed by atoms with Crippen LogP contribution in [0.3, 0.4) is 0 Å². The fourth-order valence-corrected chi connectivity index (χ4v) is 1.96. The number of ether oxygens (including phenoxy) is 1. The zero-order valence-corrected chi connectivity index (χ0v) is 12.6. The predicted molar refractivity (Wildman–Crippen MR) is 82.2 cm³/mol. The third-order valence-corrected chi connectivity index (χ3v) is 3.06. The second kappa shape index (κ2) is 6.53. The summed E-state index contributed by atoms with van der Waals surface area (Å²) < 4.78 is 5.87. The Kier molecular flexibility index (Phi) is 4.74. The number of rotatable bonds is 5. The van der Waals surface area contributed by atoms with E-state index in [4.69, 9.17) is 4.74 Å². The number of hydrogen-bond acceptors (Lipinski definition) is 3. The van der Waals surface area contributed by atoms with Gasteiger partial charge in [-0.25, -0.2) is 4.98 Å². The molecule has 3 heteroatoms. The highest BCUT2D eigenvalue weighted by molar-refractivity contribution is 5.38. The van der Waals surface area contributed by atoms with Gasteiger partial charge < -0.3 is 10.1 Å². The molecule has 20 heavy (non-hydrogen) atoms. The quantitative estimate of drug-likeness (QED) is 0.892. The molecule has 0 radical (unpaired) electrons. The number of aryl methyl sites for hydroxylation is 2. The fourth-order valence-electron chi connectivity index (χ4n) is 1.96. The third kappa shape index (κ3) is 4.07. The van der Waals surface area contributed by atoms with Gasteiger partial charge in [0.05, 0.1) is 0 Å². The Balaban J connectivity index is 2.11. The molecule has 0 amide bonds. The second-order valence-corrected chi connectivity index (χ2v) is 5.41. The van der Waals surface area contributed by atoms with Gasteiger partial charge in [-0.05, 0) is 37.1 Å². The van der Waals surface area contributed by atoms with Crippen LogP contribution >= 0.6 is 0 Å². The number of pyridine rings is 1. The average Bonchev–Trinajstić information content (AvgIpc) is 2.40. The topological polar surface area (TPSA) is 34.1 Å². The molecule has 1 N–H and O–H groups in total. The lowest BCUT2D eigenvalue weighted by Crippen LogP contribution is -2.21. The lowest BCUT2D eigenvalue weighted by molar-refractivity contribution is 0.457. The molecule has 0 atom stereocenters. The summed E-state index contributed by atoms with van der Waals surface area (Å²) in [7, 11) is 0. The Labute approximate surface area is 121 Å². The highest BCUT2D eigenvalue weighted by Gasteiger charge is 2.04. The minimum atomic E-state index is 0.465.